The molecule has 0 bridgehead atoms. The van der Waals surface area contributed by atoms with Crippen molar-refractivity contribution in [1.29, 1.82) is 0 Å². The Morgan fingerprint density at radius 2 is 2.21 bits per heavy atom. The highest BCUT2D eigenvalue weighted by molar-refractivity contribution is 4.98. The van der Waals surface area contributed by atoms with E-state index >= 15 is 0 Å². The third-order valence-electron chi connectivity index (χ3n) is 3.58. The summed E-state index contributed by atoms with van der Waals surface area (Å²) in [6.07, 6.45) is 8.65. The van der Waals surface area contributed by atoms with E-state index in [1.54, 1.807) is 6.26 Å². The van der Waals surface area contributed by atoms with Crippen LogP contribution < -0.4 is 5.32 Å². The molecule has 0 aromatic carbocycles. The van der Waals surface area contributed by atoms with Crippen molar-refractivity contribution >= 4 is 0 Å². The fourth-order valence-corrected chi connectivity index (χ4v) is 2.47. The first-order valence-electron chi connectivity index (χ1n) is 7.37. The van der Waals surface area contributed by atoms with Crippen molar-refractivity contribution in [2.75, 3.05) is 19.7 Å². The molecular weight excluding hydrogens is 242 g/mol. The van der Waals surface area contributed by atoms with Crippen molar-refractivity contribution in [3.8, 4) is 0 Å². The smallest absolute Gasteiger partial charge is 0.105 e. The molecule has 108 valence electrons. The molecule has 2 N–H and O–H groups in total. The van der Waals surface area contributed by atoms with Gasteiger partial charge in [0.25, 0.3) is 0 Å². The monoisotopic (exact) mass is 267 g/mol. The molecule has 2 rings (SSSR count). The van der Waals surface area contributed by atoms with Gasteiger partial charge in [0.1, 0.15) is 5.76 Å². The fraction of sp³-hybridized carbons (Fsp3) is 0.733. The number of furan rings is 1. The van der Waals surface area contributed by atoms with Crippen molar-refractivity contribution in [3.63, 3.8) is 0 Å². The van der Waals surface area contributed by atoms with Crippen LogP contribution in [0.5, 0.6) is 0 Å². The second-order valence-corrected chi connectivity index (χ2v) is 5.28. The van der Waals surface area contributed by atoms with Crippen molar-refractivity contribution < 1.29 is 14.3 Å². The minimum Gasteiger partial charge on any atom is -0.469 e. The predicted octanol–water partition coefficient (Wildman–Crippen LogP) is 2.12. The van der Waals surface area contributed by atoms with E-state index < -0.39 is 6.10 Å². The van der Waals surface area contributed by atoms with Crippen LogP contribution in [0, 0.1) is 0 Å². The average Bonchev–Trinajstić information content (AvgIpc) is 2.96. The summed E-state index contributed by atoms with van der Waals surface area (Å²) >= 11 is 0. The van der Waals surface area contributed by atoms with Gasteiger partial charge in [0.2, 0.25) is 0 Å². The largest absolute Gasteiger partial charge is 0.469 e. The summed E-state index contributed by atoms with van der Waals surface area (Å²) < 4.78 is 11.0. The van der Waals surface area contributed by atoms with Crippen molar-refractivity contribution in [1.82, 2.24) is 5.32 Å². The van der Waals surface area contributed by atoms with E-state index in [9.17, 15) is 5.11 Å². The first-order chi connectivity index (χ1) is 9.34. The molecule has 4 nitrogen and oxygen atoms in total. The molecule has 0 saturated heterocycles. The fourth-order valence-electron chi connectivity index (χ4n) is 2.47. The van der Waals surface area contributed by atoms with Crippen LogP contribution in [0.4, 0.5) is 0 Å². The molecular formula is C15H25NO3. The molecule has 0 amide bonds. The van der Waals surface area contributed by atoms with E-state index in [2.05, 4.69) is 5.32 Å². The topological polar surface area (TPSA) is 54.6 Å². The lowest BCUT2D eigenvalue weighted by molar-refractivity contribution is -0.0228. The van der Waals surface area contributed by atoms with Crippen LogP contribution >= 0.6 is 0 Å². The van der Waals surface area contributed by atoms with Crippen molar-refractivity contribution in [3.05, 3.63) is 24.2 Å². The Balaban J connectivity index is 1.48. The lowest BCUT2D eigenvalue weighted by atomic mass is 9.98. The average molecular weight is 267 g/mol. The van der Waals surface area contributed by atoms with Crippen LogP contribution in [0.15, 0.2) is 22.8 Å². The van der Waals surface area contributed by atoms with E-state index in [1.165, 1.54) is 19.3 Å². The Labute approximate surface area is 115 Å². The van der Waals surface area contributed by atoms with Crippen molar-refractivity contribution in [2.45, 2.75) is 50.7 Å². The minimum absolute atomic E-state index is 0.367. The third kappa shape index (κ3) is 5.76. The van der Waals surface area contributed by atoms with Crippen LogP contribution in [-0.4, -0.2) is 37.0 Å². The second-order valence-electron chi connectivity index (χ2n) is 5.28. The minimum atomic E-state index is -0.418. The first kappa shape index (κ1) is 14.6. The van der Waals surface area contributed by atoms with Gasteiger partial charge in [-0.15, -0.1) is 0 Å². The number of ether oxygens (including phenoxy) is 1. The number of aliphatic hydroxyl groups is 1. The Morgan fingerprint density at radius 3 is 2.95 bits per heavy atom. The Bertz CT molecular complexity index is 320. The molecule has 1 saturated carbocycles. The highest BCUT2D eigenvalue weighted by Crippen LogP contribution is 2.20. The summed E-state index contributed by atoms with van der Waals surface area (Å²) in [4.78, 5) is 0. The molecule has 0 radical (unpaired) electrons. The maximum atomic E-state index is 9.83. The predicted molar refractivity (Wildman–Crippen MR) is 74.1 cm³/mol. The first-order valence-corrected chi connectivity index (χ1v) is 7.37. The summed E-state index contributed by atoms with van der Waals surface area (Å²) in [5, 5.41) is 13.0. The van der Waals surface area contributed by atoms with E-state index in [0.717, 1.165) is 31.6 Å². The van der Waals surface area contributed by atoms with Gasteiger partial charge in [-0.25, -0.2) is 0 Å². The van der Waals surface area contributed by atoms with Crippen LogP contribution in [0.1, 0.15) is 37.9 Å². The zero-order valence-corrected chi connectivity index (χ0v) is 11.5. The van der Waals surface area contributed by atoms with Gasteiger partial charge in [-0.2, -0.15) is 0 Å². The molecule has 1 aromatic rings. The summed E-state index contributed by atoms with van der Waals surface area (Å²) in [7, 11) is 0. The van der Waals surface area contributed by atoms with Crippen LogP contribution in [-0.2, 0) is 11.2 Å². The van der Waals surface area contributed by atoms with E-state index in [4.69, 9.17) is 9.15 Å². The molecule has 0 aliphatic heterocycles. The standard InChI is InChI=1S/C15H25NO3/c17-13(12-19-14-5-2-1-3-6-14)11-16-9-8-15-7-4-10-18-15/h4,7,10,13-14,16-17H,1-3,5-6,8-9,11-12H2. The second kappa shape index (κ2) is 8.35. The summed E-state index contributed by atoms with van der Waals surface area (Å²) in [6.45, 7) is 1.83. The summed E-state index contributed by atoms with van der Waals surface area (Å²) in [6, 6.07) is 3.85. The number of nitrogens with one attached hydrogen (secondary N) is 1. The number of hydrogen-bond acceptors (Lipinski definition) is 4. The molecule has 1 atom stereocenters. The highest BCUT2D eigenvalue weighted by atomic mass is 16.5. The number of rotatable bonds is 8. The van der Waals surface area contributed by atoms with Gasteiger partial charge < -0.3 is 19.6 Å². The Kier molecular flexibility index (Phi) is 6.41. The van der Waals surface area contributed by atoms with Crippen molar-refractivity contribution in [2.24, 2.45) is 0 Å². The molecule has 1 fully saturated rings. The molecule has 4 heteroatoms. The molecule has 1 aromatic heterocycles. The van der Waals surface area contributed by atoms with Gasteiger partial charge in [0, 0.05) is 19.5 Å². The number of hydrogen-bond donors (Lipinski definition) is 2. The van der Waals surface area contributed by atoms with E-state index in [0.29, 0.717) is 19.3 Å². The molecule has 1 aliphatic rings. The Morgan fingerprint density at radius 1 is 1.37 bits per heavy atom. The van der Waals surface area contributed by atoms with Crippen LogP contribution in [0.25, 0.3) is 0 Å². The molecule has 19 heavy (non-hydrogen) atoms. The van der Waals surface area contributed by atoms with E-state index in [1.807, 2.05) is 12.1 Å². The van der Waals surface area contributed by atoms with E-state index in [-0.39, 0.29) is 0 Å². The van der Waals surface area contributed by atoms with Crippen LogP contribution in [0.2, 0.25) is 0 Å². The highest BCUT2D eigenvalue weighted by Gasteiger charge is 2.15. The molecule has 1 aliphatic carbocycles. The SMILES string of the molecule is OC(CNCCc1ccco1)COC1CCCCC1. The number of aliphatic hydroxyl groups excluding tert-OH is 1. The van der Waals surface area contributed by atoms with Gasteiger partial charge in [0.05, 0.1) is 25.1 Å². The molecule has 1 unspecified atom stereocenters. The quantitative estimate of drug-likeness (QED) is 0.708. The maximum Gasteiger partial charge on any atom is 0.105 e. The van der Waals surface area contributed by atoms with Gasteiger partial charge in [-0.1, -0.05) is 19.3 Å². The lowest BCUT2D eigenvalue weighted by Crippen LogP contribution is -2.33. The Hall–Kier alpha value is -0.840. The summed E-state index contributed by atoms with van der Waals surface area (Å²) in [5.41, 5.74) is 0. The zero-order valence-electron chi connectivity index (χ0n) is 11.5. The van der Waals surface area contributed by atoms with Gasteiger partial charge >= 0.3 is 0 Å². The van der Waals surface area contributed by atoms with Gasteiger partial charge in [0.15, 0.2) is 0 Å². The normalized spacial score (nSPS) is 18.6. The third-order valence-corrected chi connectivity index (χ3v) is 3.58. The lowest BCUT2D eigenvalue weighted by Gasteiger charge is -2.23. The maximum absolute atomic E-state index is 9.83. The molecule has 0 spiro atoms. The van der Waals surface area contributed by atoms with Gasteiger partial charge in [-0.3, -0.25) is 0 Å². The molecule has 1 heterocycles. The van der Waals surface area contributed by atoms with Gasteiger partial charge in [-0.05, 0) is 25.0 Å². The summed E-state index contributed by atoms with van der Waals surface area (Å²) in [5.74, 6) is 0.973. The zero-order chi connectivity index (χ0) is 13.3. The van der Waals surface area contributed by atoms with Crippen LogP contribution in [0.3, 0.4) is 0 Å².